The van der Waals surface area contributed by atoms with Gasteiger partial charge in [-0.3, -0.25) is 14.2 Å². The van der Waals surface area contributed by atoms with Crippen molar-refractivity contribution >= 4 is 62.0 Å². The lowest BCUT2D eigenvalue weighted by molar-refractivity contribution is 0.103. The van der Waals surface area contributed by atoms with Gasteiger partial charge in [-0.15, -0.1) is 11.3 Å². The number of pyridine rings is 1. The average molecular weight is 470 g/mol. The molecule has 150 valence electrons. The SMILES string of the molecule is Cc1c(C(=O)c2sc3cc(Cl)cc(Cl)c3c2Cl)c(O)n(CC(C)C)c(=O)c1C#N. The summed E-state index contributed by atoms with van der Waals surface area (Å²) < 4.78 is 1.66. The highest BCUT2D eigenvalue weighted by atomic mass is 35.5. The Morgan fingerprint density at radius 3 is 2.55 bits per heavy atom. The van der Waals surface area contributed by atoms with Crippen LogP contribution in [0.2, 0.25) is 15.1 Å². The number of aromatic hydroxyl groups is 1. The summed E-state index contributed by atoms with van der Waals surface area (Å²) in [5.41, 5.74) is -0.842. The fraction of sp³-hybridized carbons (Fsp3) is 0.250. The lowest BCUT2D eigenvalue weighted by atomic mass is 10.00. The summed E-state index contributed by atoms with van der Waals surface area (Å²) in [7, 11) is 0. The Kier molecular flexibility index (Phi) is 5.98. The maximum atomic E-state index is 13.4. The van der Waals surface area contributed by atoms with Gasteiger partial charge in [0.15, 0.2) is 0 Å². The van der Waals surface area contributed by atoms with Gasteiger partial charge < -0.3 is 5.11 Å². The van der Waals surface area contributed by atoms with Gasteiger partial charge in [-0.1, -0.05) is 48.7 Å². The molecule has 9 heteroatoms. The van der Waals surface area contributed by atoms with E-state index in [1.165, 1.54) is 13.0 Å². The fourth-order valence-corrected chi connectivity index (χ4v) is 5.45. The van der Waals surface area contributed by atoms with Crippen LogP contribution in [0.1, 0.15) is 40.2 Å². The van der Waals surface area contributed by atoms with Crippen LogP contribution in [0.4, 0.5) is 0 Å². The van der Waals surface area contributed by atoms with E-state index in [0.717, 1.165) is 15.9 Å². The lowest BCUT2D eigenvalue weighted by Crippen LogP contribution is -2.28. The van der Waals surface area contributed by atoms with Crippen LogP contribution in [-0.4, -0.2) is 15.5 Å². The molecule has 0 amide bonds. The molecule has 2 aromatic heterocycles. The molecule has 0 aliphatic heterocycles. The van der Waals surface area contributed by atoms with Crippen molar-refractivity contribution in [2.75, 3.05) is 0 Å². The highest BCUT2D eigenvalue weighted by Gasteiger charge is 2.28. The predicted octanol–water partition coefficient (Wildman–Crippen LogP) is 5.80. The van der Waals surface area contributed by atoms with E-state index in [0.29, 0.717) is 20.1 Å². The molecule has 0 bridgehead atoms. The van der Waals surface area contributed by atoms with E-state index in [4.69, 9.17) is 34.8 Å². The Bertz CT molecular complexity index is 1270. The molecule has 0 fully saturated rings. The van der Waals surface area contributed by atoms with E-state index in [-0.39, 0.29) is 39.1 Å². The first-order valence-corrected chi connectivity index (χ1v) is 10.5. The molecule has 0 atom stereocenters. The van der Waals surface area contributed by atoms with E-state index in [2.05, 4.69) is 0 Å². The highest BCUT2D eigenvalue weighted by molar-refractivity contribution is 7.22. The van der Waals surface area contributed by atoms with E-state index >= 15 is 0 Å². The van der Waals surface area contributed by atoms with Crippen LogP contribution in [0.3, 0.4) is 0 Å². The molecule has 0 saturated carbocycles. The number of thiophene rings is 1. The van der Waals surface area contributed by atoms with Crippen molar-refractivity contribution in [1.29, 1.82) is 5.26 Å². The van der Waals surface area contributed by atoms with Crippen molar-refractivity contribution in [2.24, 2.45) is 5.92 Å². The molecule has 2 heterocycles. The number of nitrogens with zero attached hydrogens (tertiary/aromatic N) is 2. The molecule has 3 aromatic rings. The van der Waals surface area contributed by atoms with Crippen LogP contribution in [0, 0.1) is 24.2 Å². The summed E-state index contributed by atoms with van der Waals surface area (Å²) in [5.74, 6) is -1.07. The van der Waals surface area contributed by atoms with Crippen LogP contribution < -0.4 is 5.56 Å². The Morgan fingerprint density at radius 1 is 1.31 bits per heavy atom. The van der Waals surface area contributed by atoms with Crippen molar-refractivity contribution in [1.82, 2.24) is 4.57 Å². The molecule has 1 aromatic carbocycles. The Morgan fingerprint density at radius 2 is 1.97 bits per heavy atom. The predicted molar refractivity (Wildman–Crippen MR) is 117 cm³/mol. The number of fused-ring (bicyclic) bond motifs is 1. The third-order valence-electron chi connectivity index (χ3n) is 4.43. The molecule has 0 aliphatic rings. The van der Waals surface area contributed by atoms with Crippen LogP contribution in [-0.2, 0) is 6.54 Å². The standard InChI is InChI=1S/C20H15Cl3N2O3S/c1-8(2)7-25-19(27)11(6-24)9(3)14(20(25)28)17(26)18-16(23)15-12(22)4-10(21)5-13(15)29-18/h4-5,8,28H,7H2,1-3H3. The number of rotatable bonds is 4. The maximum absolute atomic E-state index is 13.4. The molecule has 0 spiro atoms. The zero-order chi connectivity index (χ0) is 21.6. The number of carbonyl (C=O) groups is 1. The molecule has 0 saturated heterocycles. The van der Waals surface area contributed by atoms with E-state index < -0.39 is 17.2 Å². The van der Waals surface area contributed by atoms with Crippen molar-refractivity contribution in [3.05, 3.63) is 59.1 Å². The first-order chi connectivity index (χ1) is 13.6. The zero-order valence-corrected chi connectivity index (χ0v) is 18.7. The molecule has 0 radical (unpaired) electrons. The van der Waals surface area contributed by atoms with Crippen LogP contribution in [0.25, 0.3) is 10.1 Å². The first kappa shape index (κ1) is 21.7. The summed E-state index contributed by atoms with van der Waals surface area (Å²) in [5, 5.41) is 21.5. The summed E-state index contributed by atoms with van der Waals surface area (Å²) in [6.07, 6.45) is 0. The summed E-state index contributed by atoms with van der Waals surface area (Å²) in [6, 6.07) is 5.01. The van der Waals surface area contributed by atoms with E-state index in [1.807, 2.05) is 19.9 Å². The van der Waals surface area contributed by atoms with Crippen LogP contribution >= 0.6 is 46.1 Å². The number of hydrogen-bond acceptors (Lipinski definition) is 5. The van der Waals surface area contributed by atoms with Crippen molar-refractivity contribution in [3.63, 3.8) is 0 Å². The largest absolute Gasteiger partial charge is 0.494 e. The average Bonchev–Trinajstić information content (AvgIpc) is 2.95. The number of ketones is 1. The Hall–Kier alpha value is -2.04. The maximum Gasteiger partial charge on any atom is 0.271 e. The minimum absolute atomic E-state index is 0.00432. The Balaban J connectivity index is 2.32. The van der Waals surface area contributed by atoms with Gasteiger partial charge >= 0.3 is 0 Å². The molecular weight excluding hydrogens is 455 g/mol. The second-order valence-corrected chi connectivity index (χ2v) is 9.23. The number of carbonyl (C=O) groups excluding carboxylic acids is 1. The van der Waals surface area contributed by atoms with Gasteiger partial charge in [0, 0.05) is 21.7 Å². The molecule has 29 heavy (non-hydrogen) atoms. The van der Waals surface area contributed by atoms with Crippen molar-refractivity contribution < 1.29 is 9.90 Å². The van der Waals surface area contributed by atoms with Gasteiger partial charge in [0.2, 0.25) is 11.7 Å². The normalized spacial score (nSPS) is 11.2. The first-order valence-electron chi connectivity index (χ1n) is 8.56. The van der Waals surface area contributed by atoms with Crippen molar-refractivity contribution in [2.45, 2.75) is 27.3 Å². The number of halogens is 3. The highest BCUT2D eigenvalue weighted by Crippen LogP contribution is 2.43. The van der Waals surface area contributed by atoms with Gasteiger partial charge in [0.1, 0.15) is 11.6 Å². The number of aromatic nitrogens is 1. The second-order valence-electron chi connectivity index (χ2n) is 6.96. The smallest absolute Gasteiger partial charge is 0.271 e. The molecule has 0 aliphatic carbocycles. The monoisotopic (exact) mass is 468 g/mol. The third kappa shape index (κ3) is 3.64. The zero-order valence-electron chi connectivity index (χ0n) is 15.6. The molecular formula is C20H15Cl3N2O3S. The van der Waals surface area contributed by atoms with Gasteiger partial charge in [0.05, 0.1) is 20.5 Å². The Labute approximate surface area is 185 Å². The van der Waals surface area contributed by atoms with Crippen LogP contribution in [0.5, 0.6) is 5.88 Å². The lowest BCUT2D eigenvalue weighted by Gasteiger charge is -2.16. The minimum Gasteiger partial charge on any atom is -0.494 e. The summed E-state index contributed by atoms with van der Waals surface area (Å²) in [4.78, 5) is 26.1. The van der Waals surface area contributed by atoms with Gasteiger partial charge in [-0.25, -0.2) is 0 Å². The van der Waals surface area contributed by atoms with Gasteiger partial charge in [0.25, 0.3) is 5.56 Å². The number of benzene rings is 1. The minimum atomic E-state index is -0.634. The summed E-state index contributed by atoms with van der Waals surface area (Å²) in [6.45, 7) is 5.32. The number of hydrogen-bond donors (Lipinski definition) is 1. The molecule has 5 nitrogen and oxygen atoms in total. The van der Waals surface area contributed by atoms with Crippen LogP contribution in [0.15, 0.2) is 16.9 Å². The third-order valence-corrected chi connectivity index (χ3v) is 6.57. The quantitative estimate of drug-likeness (QED) is 0.490. The number of nitriles is 1. The van der Waals surface area contributed by atoms with E-state index in [1.54, 1.807) is 6.07 Å². The molecule has 1 N–H and O–H groups in total. The fourth-order valence-electron chi connectivity index (χ4n) is 3.13. The van der Waals surface area contributed by atoms with Crippen molar-refractivity contribution in [3.8, 4) is 11.9 Å². The second kappa shape index (κ2) is 8.00. The van der Waals surface area contributed by atoms with Gasteiger partial charge in [-0.05, 0) is 30.5 Å². The summed E-state index contributed by atoms with van der Waals surface area (Å²) >= 11 is 19.8. The molecule has 0 unspecified atom stereocenters. The molecule has 3 rings (SSSR count). The van der Waals surface area contributed by atoms with E-state index in [9.17, 15) is 20.0 Å². The van der Waals surface area contributed by atoms with Gasteiger partial charge in [-0.2, -0.15) is 5.26 Å². The topological polar surface area (TPSA) is 83.1 Å².